The van der Waals surface area contributed by atoms with Gasteiger partial charge in [0.25, 0.3) is 0 Å². The Morgan fingerprint density at radius 3 is 2.75 bits per heavy atom. The summed E-state index contributed by atoms with van der Waals surface area (Å²) in [7, 11) is 0. The highest BCUT2D eigenvalue weighted by molar-refractivity contribution is 5.80. The topological polar surface area (TPSA) is 101 Å². The normalized spacial score (nSPS) is 22.2. The van der Waals surface area contributed by atoms with E-state index in [2.05, 4.69) is 5.10 Å². The van der Waals surface area contributed by atoms with Gasteiger partial charge >= 0.3 is 11.7 Å². The zero-order valence-electron chi connectivity index (χ0n) is 11.7. The van der Waals surface area contributed by atoms with Gasteiger partial charge in [-0.2, -0.15) is 5.10 Å². The molecule has 1 aliphatic rings. The van der Waals surface area contributed by atoms with Crippen LogP contribution in [0.25, 0.3) is 0 Å². The first-order valence-electron chi connectivity index (χ1n) is 6.59. The summed E-state index contributed by atoms with van der Waals surface area (Å²) in [5.74, 6) is -0.690. The Hall–Kier alpha value is -2.12. The van der Waals surface area contributed by atoms with Crippen molar-refractivity contribution in [2.45, 2.75) is 39.8 Å². The standard InChI is InChI=1S/C12H18N4O4/c1-4-15-11(10(16(19)20)8(3)13-15)14-6-5-7(2)9(14)12(17)18/h7,9H,4-6H2,1-3H3,(H,17,18). The number of carboxylic acids is 1. The number of nitrogens with zero attached hydrogens (tertiary/aromatic N) is 4. The van der Waals surface area contributed by atoms with E-state index in [9.17, 15) is 20.0 Å². The highest BCUT2D eigenvalue weighted by Crippen LogP contribution is 2.37. The Labute approximate surface area is 116 Å². The monoisotopic (exact) mass is 282 g/mol. The van der Waals surface area contributed by atoms with Crippen molar-refractivity contribution in [3.8, 4) is 0 Å². The fourth-order valence-corrected chi connectivity index (χ4v) is 2.84. The van der Waals surface area contributed by atoms with Crippen molar-refractivity contribution in [2.75, 3.05) is 11.4 Å². The summed E-state index contributed by atoms with van der Waals surface area (Å²) in [5.41, 5.74) is 0.225. The molecule has 20 heavy (non-hydrogen) atoms. The summed E-state index contributed by atoms with van der Waals surface area (Å²) < 4.78 is 1.52. The Balaban J connectivity index is 2.56. The second-order valence-corrected chi connectivity index (χ2v) is 5.07. The van der Waals surface area contributed by atoms with Crippen LogP contribution in [0.3, 0.4) is 0 Å². The van der Waals surface area contributed by atoms with E-state index in [1.54, 1.807) is 11.8 Å². The van der Waals surface area contributed by atoms with E-state index in [1.165, 1.54) is 4.68 Å². The first kappa shape index (κ1) is 14.3. The molecule has 1 N–H and O–H groups in total. The number of hydrogen-bond acceptors (Lipinski definition) is 5. The molecule has 2 heterocycles. The highest BCUT2D eigenvalue weighted by Gasteiger charge is 2.42. The van der Waals surface area contributed by atoms with Crippen molar-refractivity contribution in [1.29, 1.82) is 0 Å². The summed E-state index contributed by atoms with van der Waals surface area (Å²) >= 11 is 0. The molecule has 2 unspecified atom stereocenters. The van der Waals surface area contributed by atoms with E-state index >= 15 is 0 Å². The third-order valence-corrected chi connectivity index (χ3v) is 3.78. The molecule has 0 spiro atoms. The summed E-state index contributed by atoms with van der Waals surface area (Å²) in [5, 5.41) is 24.8. The van der Waals surface area contributed by atoms with Gasteiger partial charge in [-0.15, -0.1) is 0 Å². The van der Waals surface area contributed by atoms with Gasteiger partial charge in [0, 0.05) is 13.1 Å². The molecule has 0 aliphatic carbocycles. The lowest BCUT2D eigenvalue weighted by atomic mass is 10.0. The first-order valence-corrected chi connectivity index (χ1v) is 6.59. The summed E-state index contributed by atoms with van der Waals surface area (Å²) in [6.07, 6.45) is 0.696. The summed E-state index contributed by atoms with van der Waals surface area (Å²) in [4.78, 5) is 23.8. The fourth-order valence-electron chi connectivity index (χ4n) is 2.84. The molecule has 1 aliphatic heterocycles. The van der Waals surface area contributed by atoms with E-state index < -0.39 is 16.9 Å². The molecule has 0 saturated carbocycles. The molecule has 2 rings (SSSR count). The molecule has 0 amide bonds. The van der Waals surface area contributed by atoms with Crippen molar-refractivity contribution < 1.29 is 14.8 Å². The molecule has 110 valence electrons. The molecule has 2 atom stereocenters. The third-order valence-electron chi connectivity index (χ3n) is 3.78. The molecule has 0 aromatic carbocycles. The molecule has 0 bridgehead atoms. The maximum atomic E-state index is 11.4. The van der Waals surface area contributed by atoms with Gasteiger partial charge in [-0.3, -0.25) is 10.1 Å². The van der Waals surface area contributed by atoms with E-state index in [4.69, 9.17) is 0 Å². The van der Waals surface area contributed by atoms with Crippen molar-refractivity contribution >= 4 is 17.5 Å². The van der Waals surface area contributed by atoms with E-state index in [-0.39, 0.29) is 11.6 Å². The minimum atomic E-state index is -0.953. The lowest BCUT2D eigenvalue weighted by Gasteiger charge is -2.24. The van der Waals surface area contributed by atoms with Gasteiger partial charge in [-0.05, 0) is 26.2 Å². The molecular formula is C12H18N4O4. The first-order chi connectivity index (χ1) is 9.38. The van der Waals surface area contributed by atoms with Crippen molar-refractivity contribution in [3.05, 3.63) is 15.8 Å². The van der Waals surface area contributed by atoms with Crippen LogP contribution < -0.4 is 4.90 Å². The molecule has 1 aromatic rings. The Bertz CT molecular complexity index is 554. The van der Waals surface area contributed by atoms with E-state index in [0.29, 0.717) is 31.0 Å². The molecule has 0 radical (unpaired) electrons. The van der Waals surface area contributed by atoms with Gasteiger partial charge < -0.3 is 10.0 Å². The number of carboxylic acid groups (broad SMARTS) is 1. The number of nitro groups is 1. The predicted molar refractivity (Wildman–Crippen MR) is 71.8 cm³/mol. The van der Waals surface area contributed by atoms with Crippen LogP contribution in [-0.2, 0) is 11.3 Å². The quantitative estimate of drug-likeness (QED) is 0.662. The Morgan fingerprint density at radius 2 is 2.25 bits per heavy atom. The molecule has 1 saturated heterocycles. The zero-order valence-corrected chi connectivity index (χ0v) is 11.7. The largest absolute Gasteiger partial charge is 0.480 e. The summed E-state index contributed by atoms with van der Waals surface area (Å²) in [6.45, 7) is 6.20. The van der Waals surface area contributed by atoms with Crippen LogP contribution in [0.2, 0.25) is 0 Å². The van der Waals surface area contributed by atoms with Crippen LogP contribution in [0.4, 0.5) is 11.5 Å². The predicted octanol–water partition coefficient (Wildman–Crippen LogP) is 1.42. The molecular weight excluding hydrogens is 264 g/mol. The number of aryl methyl sites for hydroxylation is 2. The number of aromatic nitrogens is 2. The second-order valence-electron chi connectivity index (χ2n) is 5.07. The number of hydrogen-bond donors (Lipinski definition) is 1. The molecule has 8 heteroatoms. The number of carbonyl (C=O) groups is 1. The maximum absolute atomic E-state index is 11.4. The van der Waals surface area contributed by atoms with Gasteiger partial charge in [0.1, 0.15) is 11.7 Å². The van der Waals surface area contributed by atoms with Gasteiger partial charge in [0.15, 0.2) is 0 Å². The van der Waals surface area contributed by atoms with Crippen LogP contribution >= 0.6 is 0 Å². The van der Waals surface area contributed by atoms with Gasteiger partial charge in [0.05, 0.1) is 4.92 Å². The van der Waals surface area contributed by atoms with E-state index in [0.717, 1.165) is 0 Å². The van der Waals surface area contributed by atoms with E-state index in [1.807, 2.05) is 13.8 Å². The molecule has 1 aromatic heterocycles. The Morgan fingerprint density at radius 1 is 1.60 bits per heavy atom. The third kappa shape index (κ3) is 2.10. The lowest BCUT2D eigenvalue weighted by Crippen LogP contribution is -2.40. The van der Waals surface area contributed by atoms with Crippen LogP contribution in [0.15, 0.2) is 0 Å². The Kier molecular flexibility index (Phi) is 3.65. The van der Waals surface area contributed by atoms with Crippen molar-refractivity contribution in [2.24, 2.45) is 5.92 Å². The zero-order chi connectivity index (χ0) is 15.0. The fraction of sp³-hybridized carbons (Fsp3) is 0.667. The van der Waals surface area contributed by atoms with Crippen LogP contribution in [-0.4, -0.2) is 38.4 Å². The highest BCUT2D eigenvalue weighted by atomic mass is 16.6. The smallest absolute Gasteiger partial charge is 0.333 e. The number of anilines is 1. The number of rotatable bonds is 4. The van der Waals surface area contributed by atoms with Crippen LogP contribution in [0.5, 0.6) is 0 Å². The maximum Gasteiger partial charge on any atom is 0.333 e. The van der Waals surface area contributed by atoms with Crippen LogP contribution in [0, 0.1) is 23.0 Å². The second kappa shape index (κ2) is 5.10. The lowest BCUT2D eigenvalue weighted by molar-refractivity contribution is -0.384. The minimum Gasteiger partial charge on any atom is -0.480 e. The minimum absolute atomic E-state index is 0.0485. The number of aliphatic carboxylic acids is 1. The van der Waals surface area contributed by atoms with Crippen molar-refractivity contribution in [1.82, 2.24) is 9.78 Å². The molecule has 8 nitrogen and oxygen atoms in total. The van der Waals surface area contributed by atoms with Gasteiger partial charge in [0.2, 0.25) is 5.82 Å². The molecule has 1 fully saturated rings. The van der Waals surface area contributed by atoms with Gasteiger partial charge in [-0.1, -0.05) is 6.92 Å². The average Bonchev–Trinajstić information content (AvgIpc) is 2.88. The SMILES string of the molecule is CCn1nc(C)c([N+](=O)[O-])c1N1CCC(C)C1C(=O)O. The van der Waals surface area contributed by atoms with Crippen molar-refractivity contribution in [3.63, 3.8) is 0 Å². The van der Waals surface area contributed by atoms with Crippen LogP contribution in [0.1, 0.15) is 26.0 Å². The summed E-state index contributed by atoms with van der Waals surface area (Å²) in [6, 6.07) is -0.741. The van der Waals surface area contributed by atoms with Gasteiger partial charge in [-0.25, -0.2) is 9.48 Å². The average molecular weight is 282 g/mol.